The quantitative estimate of drug-likeness (QED) is 0.579. The van der Waals surface area contributed by atoms with Crippen molar-refractivity contribution in [1.29, 1.82) is 0 Å². The van der Waals surface area contributed by atoms with Gasteiger partial charge in [0.2, 0.25) is 0 Å². The van der Waals surface area contributed by atoms with Crippen LogP contribution in [0, 0.1) is 0 Å². The molecule has 1 nitrogen and oxygen atoms in total. The molecule has 0 atom stereocenters. The highest BCUT2D eigenvalue weighted by Gasteiger charge is 2.26. The Hall–Kier alpha value is -2.15. The molecular formula is C23H26O. The summed E-state index contributed by atoms with van der Waals surface area (Å²) in [7, 11) is 0. The third-order valence-corrected chi connectivity index (χ3v) is 4.72. The molecule has 3 aromatic carbocycles. The first-order valence-electron chi connectivity index (χ1n) is 8.60. The minimum absolute atomic E-state index is 0.131. The van der Waals surface area contributed by atoms with Crippen LogP contribution >= 0.6 is 0 Å². The van der Waals surface area contributed by atoms with Crippen LogP contribution in [0.5, 0.6) is 0 Å². The monoisotopic (exact) mass is 318 g/mol. The molecule has 0 N–H and O–H groups in total. The van der Waals surface area contributed by atoms with Gasteiger partial charge < -0.3 is 0 Å². The van der Waals surface area contributed by atoms with Crippen molar-refractivity contribution in [3.63, 3.8) is 0 Å². The minimum atomic E-state index is 0.131. The van der Waals surface area contributed by atoms with Crippen LogP contribution in [-0.4, -0.2) is 0 Å². The summed E-state index contributed by atoms with van der Waals surface area (Å²) in [6.07, 6.45) is 0. The molecule has 0 bridgehead atoms. The van der Waals surface area contributed by atoms with Gasteiger partial charge in [-0.3, -0.25) is 4.79 Å². The molecule has 0 aromatic heterocycles. The molecule has 0 saturated heterocycles. The second-order valence-electron chi connectivity index (χ2n) is 8.73. The zero-order chi connectivity index (χ0) is 17.7. The van der Waals surface area contributed by atoms with Gasteiger partial charge in [-0.15, -0.1) is 0 Å². The van der Waals surface area contributed by atoms with Gasteiger partial charge in [0.1, 0.15) is 0 Å². The fraction of sp³-hybridized carbons (Fsp3) is 0.348. The molecule has 3 aromatic rings. The number of hydrogen-bond acceptors (Lipinski definition) is 1. The summed E-state index contributed by atoms with van der Waals surface area (Å²) in [5.41, 5.74) is 6.83. The van der Waals surface area contributed by atoms with Crippen LogP contribution in [0.15, 0.2) is 53.3 Å². The summed E-state index contributed by atoms with van der Waals surface area (Å²) >= 11 is 0. The smallest absolute Gasteiger partial charge is 0.195 e. The molecule has 1 heteroatoms. The Labute approximate surface area is 145 Å². The van der Waals surface area contributed by atoms with Gasteiger partial charge in [0, 0.05) is 11.1 Å². The Bertz CT molecular complexity index is 784. The van der Waals surface area contributed by atoms with Gasteiger partial charge in [-0.05, 0) is 33.1 Å². The highest BCUT2D eigenvalue weighted by molar-refractivity contribution is 5.94. The fourth-order valence-corrected chi connectivity index (χ4v) is 2.99. The topological polar surface area (TPSA) is 17.1 Å². The maximum Gasteiger partial charge on any atom is 0.195 e. The lowest BCUT2D eigenvalue weighted by atomic mass is 9.86. The van der Waals surface area contributed by atoms with Crippen LogP contribution in [0.2, 0.25) is 0 Å². The van der Waals surface area contributed by atoms with E-state index >= 15 is 0 Å². The van der Waals surface area contributed by atoms with E-state index in [1.54, 1.807) is 0 Å². The summed E-state index contributed by atoms with van der Waals surface area (Å²) < 4.78 is 0. The summed E-state index contributed by atoms with van der Waals surface area (Å²) in [6.45, 7) is 13.2. The van der Waals surface area contributed by atoms with Gasteiger partial charge >= 0.3 is 0 Å². The Morgan fingerprint density at radius 3 is 1.08 bits per heavy atom. The molecule has 24 heavy (non-hydrogen) atoms. The van der Waals surface area contributed by atoms with E-state index in [2.05, 4.69) is 90.1 Å². The Morgan fingerprint density at radius 1 is 0.542 bits per heavy atom. The first kappa shape index (κ1) is 16.7. The molecule has 0 saturated carbocycles. The predicted molar refractivity (Wildman–Crippen MR) is 103 cm³/mol. The molecule has 3 rings (SSSR count). The van der Waals surface area contributed by atoms with Crippen LogP contribution in [0.3, 0.4) is 0 Å². The Balaban J connectivity index is 1.89. The van der Waals surface area contributed by atoms with Gasteiger partial charge in [-0.1, -0.05) is 90.1 Å². The second-order valence-corrected chi connectivity index (χ2v) is 8.73. The van der Waals surface area contributed by atoms with Crippen LogP contribution < -0.4 is 5.43 Å². The SMILES string of the molecule is CC(C)(C)c1ccc(-c2c(-c3ccc(C(C)(C)C)cc3)c2=O)cc1. The van der Waals surface area contributed by atoms with Crippen molar-refractivity contribution >= 4 is 0 Å². The molecule has 0 unspecified atom stereocenters. The van der Waals surface area contributed by atoms with E-state index in [4.69, 9.17) is 0 Å². The predicted octanol–water partition coefficient (Wildman–Crippen LogP) is 5.85. The van der Waals surface area contributed by atoms with E-state index in [-0.39, 0.29) is 16.3 Å². The van der Waals surface area contributed by atoms with Crippen LogP contribution in [-0.2, 0) is 10.8 Å². The molecular weight excluding hydrogens is 292 g/mol. The van der Waals surface area contributed by atoms with Gasteiger partial charge in [0.15, 0.2) is 5.43 Å². The van der Waals surface area contributed by atoms with Crippen LogP contribution in [0.25, 0.3) is 22.3 Å². The zero-order valence-corrected chi connectivity index (χ0v) is 15.5. The van der Waals surface area contributed by atoms with Gasteiger partial charge in [0.05, 0.1) is 0 Å². The Morgan fingerprint density at radius 2 is 0.833 bits per heavy atom. The minimum Gasteiger partial charge on any atom is -0.289 e. The highest BCUT2D eigenvalue weighted by Crippen LogP contribution is 2.36. The van der Waals surface area contributed by atoms with Gasteiger partial charge in [0.25, 0.3) is 0 Å². The van der Waals surface area contributed by atoms with E-state index in [0.29, 0.717) is 0 Å². The second kappa shape index (κ2) is 5.44. The molecule has 0 radical (unpaired) electrons. The number of rotatable bonds is 2. The average Bonchev–Trinajstić information content (AvgIpc) is 3.17. The van der Waals surface area contributed by atoms with Crippen molar-refractivity contribution < 1.29 is 0 Å². The largest absolute Gasteiger partial charge is 0.289 e. The molecule has 0 aliphatic rings. The van der Waals surface area contributed by atoms with Gasteiger partial charge in [-0.25, -0.2) is 0 Å². The molecule has 0 amide bonds. The van der Waals surface area contributed by atoms with Crippen molar-refractivity contribution in [2.24, 2.45) is 0 Å². The van der Waals surface area contributed by atoms with Crippen molar-refractivity contribution in [3.8, 4) is 22.3 Å². The highest BCUT2D eigenvalue weighted by atomic mass is 16.1. The normalized spacial score (nSPS) is 12.8. The summed E-state index contributed by atoms with van der Waals surface area (Å²) in [5, 5.41) is 0. The average molecular weight is 318 g/mol. The lowest BCUT2D eigenvalue weighted by Gasteiger charge is -2.19. The van der Waals surface area contributed by atoms with Crippen molar-refractivity contribution in [1.82, 2.24) is 0 Å². The van der Waals surface area contributed by atoms with E-state index < -0.39 is 0 Å². The molecule has 0 aliphatic heterocycles. The fourth-order valence-electron chi connectivity index (χ4n) is 2.99. The first-order valence-corrected chi connectivity index (χ1v) is 8.60. The van der Waals surface area contributed by atoms with E-state index in [0.717, 1.165) is 22.3 Å². The summed E-state index contributed by atoms with van der Waals surface area (Å²) in [4.78, 5) is 12.3. The maximum absolute atomic E-state index is 12.3. The standard InChI is InChI=1S/C23H26O/c1-22(2,3)17-11-7-15(8-12-17)19-20(21(19)24)16-9-13-18(14-10-16)23(4,5)6/h7-14H,1-6H3. The first-order chi connectivity index (χ1) is 11.1. The molecule has 0 aliphatic carbocycles. The molecule has 0 fully saturated rings. The van der Waals surface area contributed by atoms with E-state index in [1.807, 2.05) is 0 Å². The maximum atomic E-state index is 12.3. The summed E-state index contributed by atoms with van der Waals surface area (Å²) in [5.74, 6) is 0. The molecule has 0 spiro atoms. The lowest BCUT2D eigenvalue weighted by Crippen LogP contribution is -2.10. The van der Waals surface area contributed by atoms with E-state index in [9.17, 15) is 4.79 Å². The summed E-state index contributed by atoms with van der Waals surface area (Å²) in [6, 6.07) is 16.8. The Kier molecular flexibility index (Phi) is 3.79. The van der Waals surface area contributed by atoms with Crippen molar-refractivity contribution in [2.75, 3.05) is 0 Å². The van der Waals surface area contributed by atoms with Crippen LogP contribution in [0.4, 0.5) is 0 Å². The zero-order valence-electron chi connectivity index (χ0n) is 15.5. The van der Waals surface area contributed by atoms with Gasteiger partial charge in [-0.2, -0.15) is 0 Å². The molecule has 0 heterocycles. The number of benzene rings is 2. The van der Waals surface area contributed by atoms with Crippen molar-refractivity contribution in [2.45, 2.75) is 52.4 Å². The van der Waals surface area contributed by atoms with E-state index in [1.165, 1.54) is 11.1 Å². The molecule has 124 valence electrons. The lowest BCUT2D eigenvalue weighted by molar-refractivity contribution is 0.590. The third-order valence-electron chi connectivity index (χ3n) is 4.72. The van der Waals surface area contributed by atoms with Crippen LogP contribution in [0.1, 0.15) is 52.7 Å². The van der Waals surface area contributed by atoms with Crippen molar-refractivity contribution in [3.05, 3.63) is 69.9 Å². The third kappa shape index (κ3) is 3.08. The number of hydrogen-bond donors (Lipinski definition) is 0.